The second-order valence-corrected chi connectivity index (χ2v) is 10.9. The molecular formula is C21H15Cl2F6N5O5S. The molecule has 19 heteroatoms. The predicted octanol–water partition coefficient (Wildman–Crippen LogP) is 4.54. The number of nitrogens with one attached hydrogen (secondary N) is 1. The molecule has 1 saturated heterocycles. The first-order valence-corrected chi connectivity index (χ1v) is 13.0. The minimum atomic E-state index is -5.71. The minimum Gasteiger partial charge on any atom is -0.351 e. The molecule has 4 rings (SSSR count). The summed E-state index contributed by atoms with van der Waals surface area (Å²) in [6.45, 7) is -2.27. The van der Waals surface area contributed by atoms with Gasteiger partial charge in [0.1, 0.15) is 11.5 Å². The van der Waals surface area contributed by atoms with Gasteiger partial charge < -0.3 is 14.7 Å². The van der Waals surface area contributed by atoms with E-state index >= 15 is 0 Å². The lowest BCUT2D eigenvalue weighted by atomic mass is 10.2. The Kier molecular flexibility index (Phi) is 7.63. The zero-order valence-corrected chi connectivity index (χ0v) is 22.1. The Hall–Kier alpha value is -3.28. The average Bonchev–Trinajstić information content (AvgIpc) is 3.23. The van der Waals surface area contributed by atoms with E-state index in [9.17, 15) is 44.3 Å². The van der Waals surface area contributed by atoms with Gasteiger partial charge in [-0.1, -0.05) is 27.7 Å². The summed E-state index contributed by atoms with van der Waals surface area (Å²) in [5, 5.41) is 1.12. The van der Waals surface area contributed by atoms with E-state index in [1.807, 2.05) is 0 Å². The van der Waals surface area contributed by atoms with E-state index in [4.69, 9.17) is 23.2 Å². The van der Waals surface area contributed by atoms with Crippen LogP contribution in [0.3, 0.4) is 0 Å². The highest BCUT2D eigenvalue weighted by atomic mass is 35.5. The van der Waals surface area contributed by atoms with Crippen molar-refractivity contribution >= 4 is 67.3 Å². The van der Waals surface area contributed by atoms with E-state index in [-0.39, 0.29) is 25.9 Å². The second-order valence-electron chi connectivity index (χ2n) is 8.41. The smallest absolute Gasteiger partial charge is 0.351 e. The lowest BCUT2D eigenvalue weighted by molar-refractivity contribution is -0.199. The van der Waals surface area contributed by atoms with Gasteiger partial charge in [-0.2, -0.15) is 25.9 Å². The molecule has 0 saturated carbocycles. The minimum absolute atomic E-state index is 0.0758. The van der Waals surface area contributed by atoms with Crippen LogP contribution in [-0.4, -0.2) is 53.4 Å². The first-order valence-electron chi connectivity index (χ1n) is 10.8. The van der Waals surface area contributed by atoms with Gasteiger partial charge >= 0.3 is 22.4 Å². The molecule has 40 heavy (non-hydrogen) atoms. The summed E-state index contributed by atoms with van der Waals surface area (Å²) in [5.74, 6) is -7.74. The molecule has 1 aromatic heterocycles. The van der Waals surface area contributed by atoms with Crippen molar-refractivity contribution in [2.24, 2.45) is 7.05 Å². The van der Waals surface area contributed by atoms with Gasteiger partial charge in [0.25, 0.3) is 11.5 Å². The fourth-order valence-corrected chi connectivity index (χ4v) is 5.70. The summed E-state index contributed by atoms with van der Waals surface area (Å²) in [6.07, 6.45) is -5.46. The fraction of sp³-hybridized carbons (Fsp3) is 0.286. The Morgan fingerprint density at radius 3 is 2.45 bits per heavy atom. The number of carbonyl (C=O) groups is 1. The molecule has 1 aliphatic rings. The molecule has 0 spiro atoms. The third kappa shape index (κ3) is 5.50. The van der Waals surface area contributed by atoms with Crippen molar-refractivity contribution in [3.63, 3.8) is 0 Å². The fourth-order valence-electron chi connectivity index (χ4n) is 3.64. The topological polar surface area (TPSA) is 114 Å². The quantitative estimate of drug-likeness (QED) is 0.313. The van der Waals surface area contributed by atoms with Crippen LogP contribution in [-0.2, 0) is 26.9 Å². The van der Waals surface area contributed by atoms with Crippen molar-refractivity contribution in [1.29, 1.82) is 0 Å². The molecular weight excluding hydrogens is 619 g/mol. The first-order chi connectivity index (χ1) is 18.4. The van der Waals surface area contributed by atoms with E-state index in [0.717, 1.165) is 4.57 Å². The monoisotopic (exact) mass is 633 g/mol. The first kappa shape index (κ1) is 29.7. The van der Waals surface area contributed by atoms with Crippen molar-refractivity contribution in [3.8, 4) is 0 Å². The highest BCUT2D eigenvalue weighted by Gasteiger charge is 2.50. The number of rotatable bonds is 6. The molecule has 2 aromatic carbocycles. The zero-order valence-electron chi connectivity index (χ0n) is 19.8. The van der Waals surface area contributed by atoms with Crippen LogP contribution in [0.5, 0.6) is 0 Å². The third-order valence-electron chi connectivity index (χ3n) is 5.62. The van der Waals surface area contributed by atoms with Crippen molar-refractivity contribution in [2.45, 2.75) is 18.5 Å². The molecule has 0 aliphatic carbocycles. The Labute approximate surface area is 230 Å². The number of carbonyl (C=O) groups excluding carboxylic acids is 1. The van der Waals surface area contributed by atoms with Crippen LogP contribution in [0.25, 0.3) is 10.9 Å². The van der Waals surface area contributed by atoms with Gasteiger partial charge in [0.15, 0.2) is 0 Å². The molecule has 1 N–H and O–H groups in total. The largest absolute Gasteiger partial charge is 0.493 e. The van der Waals surface area contributed by atoms with Crippen LogP contribution in [0.1, 0.15) is 6.42 Å². The SMILES string of the molecule is Cn1cnc2ccc(Nc3c(F)ccc(N(OC(=O)C(F)(F)F)S(=O)(=O)N4CCC(F)(F)C4)c3Cl)c(Cl)c2c1=O. The maximum Gasteiger partial charge on any atom is 0.493 e. The van der Waals surface area contributed by atoms with E-state index in [2.05, 4.69) is 15.1 Å². The molecule has 0 atom stereocenters. The third-order valence-corrected chi connectivity index (χ3v) is 8.05. The number of hydrogen-bond acceptors (Lipinski definition) is 7. The molecule has 216 valence electrons. The van der Waals surface area contributed by atoms with Gasteiger partial charge in [-0.05, 0) is 24.3 Å². The Morgan fingerprint density at radius 2 is 1.85 bits per heavy atom. The molecule has 0 amide bonds. The Morgan fingerprint density at radius 1 is 1.18 bits per heavy atom. The van der Waals surface area contributed by atoms with Gasteiger partial charge in [0, 0.05) is 20.0 Å². The molecule has 0 unspecified atom stereocenters. The van der Waals surface area contributed by atoms with Crippen LogP contribution in [0.15, 0.2) is 35.4 Å². The molecule has 1 aliphatic heterocycles. The number of hydrogen-bond donors (Lipinski definition) is 1. The number of aryl methyl sites for hydroxylation is 1. The van der Waals surface area contributed by atoms with Crippen LogP contribution >= 0.6 is 23.2 Å². The van der Waals surface area contributed by atoms with Crippen LogP contribution in [0.2, 0.25) is 10.0 Å². The molecule has 2 heterocycles. The summed E-state index contributed by atoms with van der Waals surface area (Å²) in [7, 11) is -4.03. The Balaban J connectivity index is 1.83. The summed E-state index contributed by atoms with van der Waals surface area (Å²) >= 11 is 12.5. The van der Waals surface area contributed by atoms with Gasteiger partial charge in [-0.3, -0.25) is 4.79 Å². The number of benzene rings is 2. The van der Waals surface area contributed by atoms with Gasteiger partial charge in [0.05, 0.1) is 45.2 Å². The van der Waals surface area contributed by atoms with E-state index in [1.54, 1.807) is 0 Å². The predicted molar refractivity (Wildman–Crippen MR) is 131 cm³/mol. The average molecular weight is 634 g/mol. The van der Waals surface area contributed by atoms with E-state index in [1.165, 1.54) is 25.5 Å². The van der Waals surface area contributed by atoms with Crippen molar-refractivity contribution in [3.05, 3.63) is 56.8 Å². The molecule has 3 aromatic rings. The molecule has 10 nitrogen and oxygen atoms in total. The maximum atomic E-state index is 14.9. The molecule has 1 fully saturated rings. The molecule has 0 bridgehead atoms. The highest BCUT2D eigenvalue weighted by Crippen LogP contribution is 2.41. The zero-order chi connectivity index (χ0) is 29.8. The number of anilines is 3. The highest BCUT2D eigenvalue weighted by molar-refractivity contribution is 7.90. The van der Waals surface area contributed by atoms with Gasteiger partial charge in [-0.25, -0.2) is 22.9 Å². The summed E-state index contributed by atoms with van der Waals surface area (Å²) in [6, 6.07) is 3.70. The van der Waals surface area contributed by atoms with Crippen molar-refractivity contribution in [1.82, 2.24) is 13.9 Å². The summed E-state index contributed by atoms with van der Waals surface area (Å²) < 4.78 is 108. The van der Waals surface area contributed by atoms with Crippen LogP contribution < -0.4 is 15.3 Å². The number of nitrogens with zero attached hydrogens (tertiary/aromatic N) is 4. The van der Waals surface area contributed by atoms with Crippen molar-refractivity contribution < 1.29 is 44.4 Å². The second kappa shape index (κ2) is 10.3. The van der Waals surface area contributed by atoms with Crippen LogP contribution in [0, 0.1) is 5.82 Å². The van der Waals surface area contributed by atoms with Gasteiger partial charge in [0.2, 0.25) is 0 Å². The number of fused-ring (bicyclic) bond motifs is 1. The Bertz CT molecular complexity index is 1690. The summed E-state index contributed by atoms with van der Waals surface area (Å²) in [5.41, 5.74) is -2.38. The lowest BCUT2D eigenvalue weighted by Crippen LogP contribution is -2.46. The van der Waals surface area contributed by atoms with Crippen LogP contribution in [0.4, 0.5) is 43.4 Å². The van der Waals surface area contributed by atoms with Gasteiger partial charge in [-0.15, -0.1) is 0 Å². The number of aromatic nitrogens is 2. The van der Waals surface area contributed by atoms with E-state index < -0.39 is 80.0 Å². The number of alkyl halides is 5. The van der Waals surface area contributed by atoms with Crippen molar-refractivity contribution in [2.75, 3.05) is 22.9 Å². The van der Waals surface area contributed by atoms with E-state index in [0.29, 0.717) is 12.1 Å². The molecule has 0 radical (unpaired) electrons. The lowest BCUT2D eigenvalue weighted by Gasteiger charge is -2.28. The summed E-state index contributed by atoms with van der Waals surface area (Å²) in [4.78, 5) is 32.2. The maximum absolute atomic E-state index is 14.9. The normalized spacial score (nSPS) is 15.8. The standard InChI is InChI=1S/C21H15Cl2F6N5O5S/c1-32-9-30-11-3-4-12(15(22)14(11)18(32)35)31-17-10(24)2-5-13(16(17)23)34(39-19(36)21(27,28)29)40(37,38)33-7-6-20(25,26)8-33/h2-5,9,31H,6-8H2,1H3. The number of halogens is 8.